The average molecular weight is 387 g/mol. The molecule has 0 unspecified atom stereocenters. The Bertz CT molecular complexity index is 1110. The largest absolute Gasteiger partial charge is 0.489 e. The minimum atomic E-state index is -0.277. The van der Waals surface area contributed by atoms with E-state index < -0.39 is 0 Å². The zero-order chi connectivity index (χ0) is 20.2. The predicted octanol–water partition coefficient (Wildman–Crippen LogP) is 5.72. The van der Waals surface area contributed by atoms with Crippen molar-refractivity contribution < 1.29 is 14.2 Å². The molecule has 0 saturated heterocycles. The Hall–Kier alpha value is -3.24. The quantitative estimate of drug-likeness (QED) is 0.460. The van der Waals surface area contributed by atoms with Crippen molar-refractivity contribution in [1.29, 1.82) is 0 Å². The van der Waals surface area contributed by atoms with Gasteiger partial charge in [0.1, 0.15) is 18.2 Å². The topological polar surface area (TPSA) is 42.4 Å². The molecule has 0 radical (unpaired) electrons. The van der Waals surface area contributed by atoms with Crippen molar-refractivity contribution in [2.24, 2.45) is 0 Å². The number of aromatic nitrogens is 1. The molecular formula is C25H22FNO2. The summed E-state index contributed by atoms with van der Waals surface area (Å²) in [5.74, 6) is 0.378. The van der Waals surface area contributed by atoms with Crippen LogP contribution in [0.5, 0.6) is 5.75 Å². The minimum absolute atomic E-state index is 0.0135. The van der Waals surface area contributed by atoms with Gasteiger partial charge in [0.05, 0.1) is 5.52 Å². The molecule has 0 aliphatic carbocycles. The van der Waals surface area contributed by atoms with Crippen LogP contribution in [0.3, 0.4) is 0 Å². The van der Waals surface area contributed by atoms with Crippen LogP contribution in [-0.4, -0.2) is 16.7 Å². The number of aliphatic hydroxyl groups excluding tert-OH is 1. The van der Waals surface area contributed by atoms with Gasteiger partial charge >= 0.3 is 0 Å². The SMILES string of the molecule is C[C@H](CO)c1cnc2cc(OCc3ccccc3)ccc2c1-c1ccc(F)cc1. The monoisotopic (exact) mass is 387 g/mol. The van der Waals surface area contributed by atoms with Crippen LogP contribution in [0.1, 0.15) is 24.0 Å². The van der Waals surface area contributed by atoms with Gasteiger partial charge in [0, 0.05) is 30.2 Å². The maximum absolute atomic E-state index is 13.5. The van der Waals surface area contributed by atoms with Gasteiger partial charge in [-0.2, -0.15) is 0 Å². The molecule has 4 heteroatoms. The Morgan fingerprint density at radius 2 is 1.76 bits per heavy atom. The highest BCUT2D eigenvalue weighted by Crippen LogP contribution is 2.36. The van der Waals surface area contributed by atoms with E-state index >= 15 is 0 Å². The van der Waals surface area contributed by atoms with Crippen LogP contribution < -0.4 is 4.74 Å². The van der Waals surface area contributed by atoms with Crippen molar-refractivity contribution in [2.45, 2.75) is 19.4 Å². The van der Waals surface area contributed by atoms with Crippen LogP contribution >= 0.6 is 0 Å². The highest BCUT2D eigenvalue weighted by Gasteiger charge is 2.16. The Morgan fingerprint density at radius 3 is 2.48 bits per heavy atom. The lowest BCUT2D eigenvalue weighted by Gasteiger charge is -2.17. The van der Waals surface area contributed by atoms with Gasteiger partial charge in [0.15, 0.2) is 0 Å². The maximum atomic E-state index is 13.5. The number of hydrogen-bond acceptors (Lipinski definition) is 3. The Balaban J connectivity index is 1.75. The summed E-state index contributed by atoms with van der Waals surface area (Å²) in [6.45, 7) is 2.45. The smallest absolute Gasteiger partial charge is 0.123 e. The molecule has 0 spiro atoms. The normalized spacial score (nSPS) is 12.1. The first kappa shape index (κ1) is 19.1. The molecule has 1 aromatic heterocycles. The van der Waals surface area contributed by atoms with Crippen LogP contribution in [0.15, 0.2) is 79.0 Å². The first-order valence-corrected chi connectivity index (χ1v) is 9.62. The third-order valence-corrected chi connectivity index (χ3v) is 5.06. The molecule has 1 heterocycles. The number of aliphatic hydroxyl groups is 1. The molecule has 0 amide bonds. The summed E-state index contributed by atoms with van der Waals surface area (Å²) in [5.41, 5.74) is 4.69. The average Bonchev–Trinajstić information content (AvgIpc) is 2.77. The van der Waals surface area contributed by atoms with Crippen molar-refractivity contribution >= 4 is 10.9 Å². The molecule has 146 valence electrons. The van der Waals surface area contributed by atoms with Gasteiger partial charge in [0.25, 0.3) is 0 Å². The molecule has 0 fully saturated rings. The van der Waals surface area contributed by atoms with Gasteiger partial charge in [0.2, 0.25) is 0 Å². The molecule has 4 aromatic rings. The van der Waals surface area contributed by atoms with Crippen molar-refractivity contribution in [3.63, 3.8) is 0 Å². The van der Waals surface area contributed by atoms with E-state index in [1.54, 1.807) is 18.3 Å². The van der Waals surface area contributed by atoms with Crippen molar-refractivity contribution in [3.05, 3.63) is 95.9 Å². The zero-order valence-electron chi connectivity index (χ0n) is 16.2. The van der Waals surface area contributed by atoms with Gasteiger partial charge in [-0.25, -0.2) is 4.39 Å². The molecule has 1 N–H and O–H groups in total. The fourth-order valence-corrected chi connectivity index (χ4v) is 3.43. The van der Waals surface area contributed by atoms with E-state index in [1.165, 1.54) is 12.1 Å². The van der Waals surface area contributed by atoms with Crippen molar-refractivity contribution in [2.75, 3.05) is 6.61 Å². The molecule has 0 aliphatic heterocycles. The van der Waals surface area contributed by atoms with Crippen LogP contribution in [0, 0.1) is 5.82 Å². The summed E-state index contributed by atoms with van der Waals surface area (Å²) < 4.78 is 19.4. The van der Waals surface area contributed by atoms with Gasteiger partial charge in [-0.3, -0.25) is 4.98 Å². The summed E-state index contributed by atoms with van der Waals surface area (Å²) in [4.78, 5) is 4.60. The van der Waals surface area contributed by atoms with E-state index in [9.17, 15) is 9.50 Å². The van der Waals surface area contributed by atoms with Gasteiger partial charge < -0.3 is 9.84 Å². The van der Waals surface area contributed by atoms with Crippen molar-refractivity contribution in [3.8, 4) is 16.9 Å². The van der Waals surface area contributed by atoms with Crippen LogP contribution in [0.2, 0.25) is 0 Å². The Labute approximate surface area is 169 Å². The number of ether oxygens (including phenoxy) is 1. The first-order valence-electron chi connectivity index (χ1n) is 9.62. The number of hydrogen-bond donors (Lipinski definition) is 1. The molecule has 4 rings (SSSR count). The van der Waals surface area contributed by atoms with E-state index in [1.807, 2.05) is 55.5 Å². The number of benzene rings is 3. The molecule has 0 aliphatic rings. The maximum Gasteiger partial charge on any atom is 0.123 e. The van der Waals surface area contributed by atoms with Crippen LogP contribution in [0.4, 0.5) is 4.39 Å². The molecule has 0 saturated carbocycles. The van der Waals surface area contributed by atoms with Gasteiger partial charge in [-0.05, 0) is 46.5 Å². The fraction of sp³-hybridized carbons (Fsp3) is 0.160. The Morgan fingerprint density at radius 1 is 1.00 bits per heavy atom. The van der Waals surface area contributed by atoms with E-state index in [0.29, 0.717) is 6.61 Å². The van der Waals surface area contributed by atoms with Crippen LogP contribution in [0.25, 0.3) is 22.0 Å². The van der Waals surface area contributed by atoms with Crippen LogP contribution in [-0.2, 0) is 6.61 Å². The number of nitrogens with zero attached hydrogens (tertiary/aromatic N) is 1. The summed E-state index contributed by atoms with van der Waals surface area (Å²) >= 11 is 0. The third kappa shape index (κ3) is 4.13. The highest BCUT2D eigenvalue weighted by molar-refractivity contribution is 5.96. The summed E-state index contributed by atoms with van der Waals surface area (Å²) in [7, 11) is 0. The highest BCUT2D eigenvalue weighted by atomic mass is 19.1. The number of halogens is 1. The van der Waals surface area contributed by atoms with E-state index in [0.717, 1.165) is 38.9 Å². The molecule has 3 nitrogen and oxygen atoms in total. The lowest BCUT2D eigenvalue weighted by atomic mass is 9.90. The van der Waals surface area contributed by atoms with E-state index in [4.69, 9.17) is 4.74 Å². The second-order valence-corrected chi connectivity index (χ2v) is 7.13. The third-order valence-electron chi connectivity index (χ3n) is 5.06. The molecular weight excluding hydrogens is 365 g/mol. The van der Waals surface area contributed by atoms with E-state index in [2.05, 4.69) is 4.98 Å². The molecule has 1 atom stereocenters. The molecule has 0 bridgehead atoms. The summed E-state index contributed by atoms with van der Waals surface area (Å²) in [6, 6.07) is 22.2. The molecule has 3 aromatic carbocycles. The number of fused-ring (bicyclic) bond motifs is 1. The van der Waals surface area contributed by atoms with Crippen molar-refractivity contribution in [1.82, 2.24) is 4.98 Å². The van der Waals surface area contributed by atoms with E-state index in [-0.39, 0.29) is 18.3 Å². The Kier molecular flexibility index (Phi) is 5.54. The minimum Gasteiger partial charge on any atom is -0.489 e. The predicted molar refractivity (Wildman–Crippen MR) is 113 cm³/mol. The lowest BCUT2D eigenvalue weighted by Crippen LogP contribution is -2.03. The fourth-order valence-electron chi connectivity index (χ4n) is 3.43. The van der Waals surface area contributed by atoms with Gasteiger partial charge in [-0.15, -0.1) is 0 Å². The number of rotatable bonds is 6. The second-order valence-electron chi connectivity index (χ2n) is 7.13. The standard InChI is InChI=1S/C25H22FNO2/c1-17(15-28)23-14-27-24-13-21(29-16-18-5-3-2-4-6-18)11-12-22(24)25(23)19-7-9-20(26)10-8-19/h2-14,17,28H,15-16H2,1H3/t17-/m1/s1. The van der Waals surface area contributed by atoms with Gasteiger partial charge in [-0.1, -0.05) is 49.4 Å². The zero-order valence-corrected chi connectivity index (χ0v) is 16.2. The number of pyridine rings is 1. The lowest BCUT2D eigenvalue weighted by molar-refractivity contribution is 0.273. The first-order chi connectivity index (χ1) is 14.2. The summed E-state index contributed by atoms with van der Waals surface area (Å²) in [5, 5.41) is 10.6. The second kappa shape index (κ2) is 8.41. The molecule has 29 heavy (non-hydrogen) atoms. The summed E-state index contributed by atoms with van der Waals surface area (Å²) in [6.07, 6.45) is 1.79.